The molecule has 0 bridgehead atoms. The maximum Gasteiger partial charge on any atom is 0.286 e. The highest BCUT2D eigenvalue weighted by molar-refractivity contribution is 5.91. The summed E-state index contributed by atoms with van der Waals surface area (Å²) in [7, 11) is 1.60. The van der Waals surface area contributed by atoms with Gasteiger partial charge in [-0.1, -0.05) is 0 Å². The van der Waals surface area contributed by atoms with Crippen molar-refractivity contribution in [1.29, 1.82) is 0 Å². The van der Waals surface area contributed by atoms with Gasteiger partial charge in [0.1, 0.15) is 12.4 Å². The Kier molecular flexibility index (Phi) is 5.42. The maximum atomic E-state index is 11.8. The van der Waals surface area contributed by atoms with E-state index in [9.17, 15) is 4.79 Å². The largest absolute Gasteiger partial charge is 0.453 e. The lowest BCUT2D eigenvalue weighted by molar-refractivity contribution is 0.0914. The van der Waals surface area contributed by atoms with Crippen LogP contribution in [0.1, 0.15) is 35.6 Å². The molecular weight excluding hydrogens is 244 g/mol. The summed E-state index contributed by atoms with van der Waals surface area (Å²) < 4.78 is 10.3. The topological polar surface area (TPSA) is 63.5 Å². The van der Waals surface area contributed by atoms with Gasteiger partial charge in [0.2, 0.25) is 0 Å². The van der Waals surface area contributed by atoms with Gasteiger partial charge in [-0.05, 0) is 50.4 Å². The molecule has 1 atom stereocenters. The predicted octanol–water partition coefficient (Wildman–Crippen LogP) is 1.55. The summed E-state index contributed by atoms with van der Waals surface area (Å²) in [5.41, 5.74) is 0. The minimum atomic E-state index is -0.147. The fraction of sp³-hybridized carbons (Fsp3) is 0.643. The standard InChI is InChI=1S/C14H22N2O3/c1-18-10-12-4-5-13(19-12)14(17)16-8-6-11-3-2-7-15-9-11/h4-5,11,15H,2-3,6-10H2,1H3,(H,16,17). The molecule has 1 amide bonds. The van der Waals surface area contributed by atoms with Gasteiger partial charge in [0, 0.05) is 13.7 Å². The monoisotopic (exact) mass is 266 g/mol. The summed E-state index contributed by atoms with van der Waals surface area (Å²) in [5.74, 6) is 1.55. The number of furan rings is 1. The number of amides is 1. The summed E-state index contributed by atoms with van der Waals surface area (Å²) in [6, 6.07) is 3.45. The van der Waals surface area contributed by atoms with E-state index in [4.69, 9.17) is 9.15 Å². The highest BCUT2D eigenvalue weighted by Crippen LogP contribution is 2.13. The lowest BCUT2D eigenvalue weighted by Crippen LogP contribution is -2.33. The molecule has 2 heterocycles. The second-order valence-electron chi connectivity index (χ2n) is 4.96. The number of rotatable bonds is 6. The molecule has 19 heavy (non-hydrogen) atoms. The van der Waals surface area contributed by atoms with E-state index in [1.165, 1.54) is 12.8 Å². The maximum absolute atomic E-state index is 11.8. The summed E-state index contributed by atoms with van der Waals surface area (Å²) in [6.07, 6.45) is 3.50. The highest BCUT2D eigenvalue weighted by Gasteiger charge is 2.14. The Bertz CT molecular complexity index is 397. The normalized spacial score (nSPS) is 19.3. The Hall–Kier alpha value is -1.33. The molecule has 106 valence electrons. The zero-order valence-corrected chi connectivity index (χ0v) is 11.4. The van der Waals surface area contributed by atoms with Crippen molar-refractivity contribution < 1.29 is 13.9 Å². The minimum absolute atomic E-state index is 0.147. The summed E-state index contributed by atoms with van der Waals surface area (Å²) in [6.45, 7) is 3.28. The van der Waals surface area contributed by atoms with E-state index in [-0.39, 0.29) is 5.91 Å². The molecule has 0 radical (unpaired) electrons. The van der Waals surface area contributed by atoms with Crippen molar-refractivity contribution in [2.24, 2.45) is 5.92 Å². The Morgan fingerprint density at radius 1 is 1.58 bits per heavy atom. The molecule has 5 heteroatoms. The smallest absolute Gasteiger partial charge is 0.286 e. The van der Waals surface area contributed by atoms with Gasteiger partial charge in [0.05, 0.1) is 0 Å². The molecule has 2 rings (SSSR count). The van der Waals surface area contributed by atoms with Crippen LogP contribution in [0.4, 0.5) is 0 Å². The van der Waals surface area contributed by atoms with Crippen LogP contribution in [0.2, 0.25) is 0 Å². The molecule has 2 N–H and O–H groups in total. The average Bonchev–Trinajstić information content (AvgIpc) is 2.89. The molecule has 1 aliphatic heterocycles. The number of hydrogen-bond acceptors (Lipinski definition) is 4. The minimum Gasteiger partial charge on any atom is -0.453 e. The Morgan fingerprint density at radius 2 is 2.47 bits per heavy atom. The fourth-order valence-electron chi connectivity index (χ4n) is 2.37. The molecule has 1 aromatic rings. The van der Waals surface area contributed by atoms with Crippen molar-refractivity contribution in [2.45, 2.75) is 25.9 Å². The molecule has 5 nitrogen and oxygen atoms in total. The van der Waals surface area contributed by atoms with Crippen molar-refractivity contribution in [1.82, 2.24) is 10.6 Å². The first-order chi connectivity index (χ1) is 9.29. The van der Waals surface area contributed by atoms with Crippen LogP contribution in [-0.4, -0.2) is 32.7 Å². The summed E-state index contributed by atoms with van der Waals surface area (Å²) >= 11 is 0. The number of carbonyl (C=O) groups excluding carboxylic acids is 1. The van der Waals surface area contributed by atoms with Gasteiger partial charge in [-0.25, -0.2) is 0 Å². The Balaban J connectivity index is 1.70. The van der Waals surface area contributed by atoms with Crippen LogP contribution in [0.15, 0.2) is 16.5 Å². The second-order valence-corrected chi connectivity index (χ2v) is 4.96. The number of ether oxygens (including phenoxy) is 1. The first-order valence-electron chi connectivity index (χ1n) is 6.86. The molecule has 0 spiro atoms. The Morgan fingerprint density at radius 3 is 3.21 bits per heavy atom. The third-order valence-electron chi connectivity index (χ3n) is 3.41. The second kappa shape index (κ2) is 7.31. The first-order valence-corrected chi connectivity index (χ1v) is 6.86. The molecule has 1 unspecified atom stereocenters. The predicted molar refractivity (Wildman–Crippen MR) is 72.0 cm³/mol. The van der Waals surface area contributed by atoms with Crippen LogP contribution in [0.25, 0.3) is 0 Å². The molecule has 0 saturated carbocycles. The number of nitrogens with one attached hydrogen (secondary N) is 2. The lowest BCUT2D eigenvalue weighted by atomic mass is 9.96. The number of carbonyl (C=O) groups is 1. The van der Waals surface area contributed by atoms with Crippen LogP contribution in [-0.2, 0) is 11.3 Å². The van der Waals surface area contributed by atoms with Gasteiger partial charge in [-0.3, -0.25) is 4.79 Å². The van der Waals surface area contributed by atoms with Crippen LogP contribution >= 0.6 is 0 Å². The van der Waals surface area contributed by atoms with Crippen molar-refractivity contribution in [3.63, 3.8) is 0 Å². The lowest BCUT2D eigenvalue weighted by Gasteiger charge is -2.22. The van der Waals surface area contributed by atoms with Gasteiger partial charge in [-0.2, -0.15) is 0 Å². The van der Waals surface area contributed by atoms with Crippen molar-refractivity contribution in [2.75, 3.05) is 26.7 Å². The van der Waals surface area contributed by atoms with Gasteiger partial charge in [0.25, 0.3) is 5.91 Å². The van der Waals surface area contributed by atoms with Crippen LogP contribution in [0.3, 0.4) is 0 Å². The van der Waals surface area contributed by atoms with Crippen LogP contribution in [0.5, 0.6) is 0 Å². The highest BCUT2D eigenvalue weighted by atomic mass is 16.5. The van der Waals surface area contributed by atoms with E-state index in [1.807, 2.05) is 0 Å². The SMILES string of the molecule is COCc1ccc(C(=O)NCCC2CCCNC2)o1. The van der Waals surface area contributed by atoms with E-state index in [2.05, 4.69) is 10.6 Å². The molecule has 1 fully saturated rings. The third-order valence-corrected chi connectivity index (χ3v) is 3.41. The summed E-state index contributed by atoms with van der Waals surface area (Å²) in [4.78, 5) is 11.8. The summed E-state index contributed by atoms with van der Waals surface area (Å²) in [5, 5.41) is 6.28. The number of piperidine rings is 1. The quantitative estimate of drug-likeness (QED) is 0.820. The van der Waals surface area contributed by atoms with Gasteiger partial charge >= 0.3 is 0 Å². The fourth-order valence-corrected chi connectivity index (χ4v) is 2.37. The zero-order chi connectivity index (χ0) is 13.5. The van der Waals surface area contributed by atoms with E-state index < -0.39 is 0 Å². The molecular formula is C14H22N2O3. The van der Waals surface area contributed by atoms with Gasteiger partial charge < -0.3 is 19.8 Å². The van der Waals surface area contributed by atoms with E-state index in [1.54, 1.807) is 19.2 Å². The molecule has 0 aliphatic carbocycles. The van der Waals surface area contributed by atoms with Gasteiger partial charge in [0.15, 0.2) is 5.76 Å². The van der Waals surface area contributed by atoms with Crippen molar-refractivity contribution >= 4 is 5.91 Å². The van der Waals surface area contributed by atoms with Crippen LogP contribution in [0, 0.1) is 5.92 Å². The van der Waals surface area contributed by atoms with Crippen molar-refractivity contribution in [3.8, 4) is 0 Å². The molecule has 1 aliphatic rings. The Labute approximate surface area is 113 Å². The van der Waals surface area contributed by atoms with E-state index >= 15 is 0 Å². The molecule has 1 saturated heterocycles. The zero-order valence-electron chi connectivity index (χ0n) is 11.4. The van der Waals surface area contributed by atoms with Crippen molar-refractivity contribution in [3.05, 3.63) is 23.7 Å². The first kappa shape index (κ1) is 14.1. The van der Waals surface area contributed by atoms with Gasteiger partial charge in [-0.15, -0.1) is 0 Å². The number of hydrogen-bond donors (Lipinski definition) is 2. The van der Waals surface area contributed by atoms with E-state index in [0.29, 0.717) is 30.6 Å². The molecule has 0 aromatic carbocycles. The number of methoxy groups -OCH3 is 1. The molecule has 1 aromatic heterocycles. The van der Waals surface area contributed by atoms with E-state index in [0.717, 1.165) is 19.5 Å². The third kappa shape index (κ3) is 4.36. The average molecular weight is 266 g/mol. The van der Waals surface area contributed by atoms with Crippen LogP contribution < -0.4 is 10.6 Å².